The van der Waals surface area contributed by atoms with E-state index in [2.05, 4.69) is 0 Å². The molecule has 1 aliphatic rings. The van der Waals surface area contributed by atoms with Crippen LogP contribution < -0.4 is 0 Å². The van der Waals surface area contributed by atoms with Gasteiger partial charge in [0.2, 0.25) is 5.91 Å². The van der Waals surface area contributed by atoms with Crippen LogP contribution in [0.4, 0.5) is 0 Å². The van der Waals surface area contributed by atoms with Crippen LogP contribution in [0.5, 0.6) is 0 Å². The van der Waals surface area contributed by atoms with Crippen LogP contribution in [0.1, 0.15) is 33.5 Å². The number of aryl methyl sites for hydroxylation is 1. The number of carbonyl (C=O) groups excluding carboxylic acids is 1. The Balaban J connectivity index is 1.57. The van der Waals surface area contributed by atoms with Gasteiger partial charge in [0.05, 0.1) is 5.56 Å². The number of hydrogen-bond donors (Lipinski definition) is 1. The highest BCUT2D eigenvalue weighted by Gasteiger charge is 2.20. The topological polar surface area (TPSA) is 57.6 Å². The molecule has 0 radical (unpaired) electrons. The molecular weight excluding hydrogens is 326 g/mol. The maximum absolute atomic E-state index is 12.4. The summed E-state index contributed by atoms with van der Waals surface area (Å²) in [7, 11) is 0. The van der Waals surface area contributed by atoms with E-state index in [0.29, 0.717) is 25.9 Å². The molecule has 3 rings (SSSR count). The number of nitrogens with zero attached hydrogens (tertiary/aromatic N) is 1. The summed E-state index contributed by atoms with van der Waals surface area (Å²) in [5, 5.41) is 9.63. The molecule has 1 amide bonds. The fraction of sp³-hybridized carbons (Fsp3) is 0.263. The number of carboxylic acid groups (broad SMARTS) is 1. The third-order valence-electron chi connectivity index (χ3n) is 4.36. The van der Waals surface area contributed by atoms with Crippen molar-refractivity contribution in [2.75, 3.05) is 6.54 Å². The highest BCUT2D eigenvalue weighted by atomic mass is 35.5. The summed E-state index contributed by atoms with van der Waals surface area (Å²) in [6.07, 6.45) is 1.87. The Hall–Kier alpha value is -2.33. The summed E-state index contributed by atoms with van der Waals surface area (Å²) < 4.78 is 0. The number of aromatic carboxylic acids is 1. The standard InChI is InChI=1S/C19H18ClNO3/c20-17-7-6-16-12-21(10-9-15(16)11-17)18(22)8-3-13-1-4-14(5-2-13)19(23)24/h1-2,4-7,11H,3,8-10,12H2,(H,23,24). The summed E-state index contributed by atoms with van der Waals surface area (Å²) in [6, 6.07) is 12.5. The van der Waals surface area contributed by atoms with Crippen LogP contribution in [-0.4, -0.2) is 28.4 Å². The third kappa shape index (κ3) is 3.77. The molecular formula is C19H18ClNO3. The van der Waals surface area contributed by atoms with Crippen molar-refractivity contribution in [1.82, 2.24) is 4.90 Å². The van der Waals surface area contributed by atoms with Crippen LogP contribution in [0.2, 0.25) is 5.02 Å². The Bertz CT molecular complexity index is 771. The van der Waals surface area contributed by atoms with E-state index in [1.807, 2.05) is 23.1 Å². The van der Waals surface area contributed by atoms with Gasteiger partial charge in [-0.05, 0) is 53.8 Å². The van der Waals surface area contributed by atoms with Gasteiger partial charge in [0.15, 0.2) is 0 Å². The number of hydrogen-bond acceptors (Lipinski definition) is 2. The van der Waals surface area contributed by atoms with Crippen molar-refractivity contribution in [3.63, 3.8) is 0 Å². The van der Waals surface area contributed by atoms with Gasteiger partial charge in [-0.2, -0.15) is 0 Å². The average molecular weight is 344 g/mol. The number of halogens is 1. The first kappa shape index (κ1) is 16.5. The van der Waals surface area contributed by atoms with Crippen LogP contribution in [0, 0.1) is 0 Å². The van der Waals surface area contributed by atoms with Crippen molar-refractivity contribution in [2.45, 2.75) is 25.8 Å². The van der Waals surface area contributed by atoms with E-state index in [4.69, 9.17) is 16.7 Å². The second-order valence-electron chi connectivity index (χ2n) is 5.98. The van der Waals surface area contributed by atoms with Crippen molar-refractivity contribution in [3.8, 4) is 0 Å². The van der Waals surface area contributed by atoms with Crippen LogP contribution in [0.15, 0.2) is 42.5 Å². The Morgan fingerprint density at radius 3 is 2.54 bits per heavy atom. The minimum Gasteiger partial charge on any atom is -0.478 e. The molecule has 2 aromatic rings. The van der Waals surface area contributed by atoms with Gasteiger partial charge < -0.3 is 10.0 Å². The molecule has 0 aromatic heterocycles. The van der Waals surface area contributed by atoms with E-state index in [-0.39, 0.29) is 11.5 Å². The molecule has 0 saturated carbocycles. The zero-order chi connectivity index (χ0) is 17.1. The lowest BCUT2D eigenvalue weighted by molar-refractivity contribution is -0.132. The Morgan fingerprint density at radius 1 is 1.08 bits per heavy atom. The molecule has 0 aliphatic carbocycles. The van der Waals surface area contributed by atoms with Crippen LogP contribution in [0.25, 0.3) is 0 Å². The molecule has 0 saturated heterocycles. The molecule has 5 heteroatoms. The maximum atomic E-state index is 12.4. The molecule has 0 unspecified atom stereocenters. The van der Waals surface area contributed by atoms with Gasteiger partial charge in [0.1, 0.15) is 0 Å². The van der Waals surface area contributed by atoms with Gasteiger partial charge in [0.25, 0.3) is 0 Å². The lowest BCUT2D eigenvalue weighted by atomic mass is 9.99. The summed E-state index contributed by atoms with van der Waals surface area (Å²) >= 11 is 6.01. The number of carbonyl (C=O) groups is 2. The SMILES string of the molecule is O=C(O)c1ccc(CCC(=O)N2CCc3cc(Cl)ccc3C2)cc1. The minimum absolute atomic E-state index is 0.123. The van der Waals surface area contributed by atoms with Gasteiger partial charge in [-0.25, -0.2) is 4.79 Å². The molecule has 0 atom stereocenters. The van der Waals surface area contributed by atoms with Gasteiger partial charge >= 0.3 is 5.97 Å². The predicted molar refractivity (Wildman–Crippen MR) is 92.3 cm³/mol. The average Bonchev–Trinajstić information content (AvgIpc) is 2.59. The number of carboxylic acids is 1. The number of rotatable bonds is 4. The Labute approximate surface area is 145 Å². The first-order valence-electron chi connectivity index (χ1n) is 7.90. The van der Waals surface area contributed by atoms with Crippen molar-refractivity contribution in [2.24, 2.45) is 0 Å². The molecule has 2 aromatic carbocycles. The van der Waals surface area contributed by atoms with Gasteiger partial charge in [-0.15, -0.1) is 0 Å². The smallest absolute Gasteiger partial charge is 0.335 e. The third-order valence-corrected chi connectivity index (χ3v) is 4.60. The highest BCUT2D eigenvalue weighted by Crippen LogP contribution is 2.23. The highest BCUT2D eigenvalue weighted by molar-refractivity contribution is 6.30. The number of fused-ring (bicyclic) bond motifs is 1. The van der Waals surface area contributed by atoms with E-state index < -0.39 is 5.97 Å². The molecule has 4 nitrogen and oxygen atoms in total. The van der Waals surface area contributed by atoms with E-state index in [1.165, 1.54) is 5.56 Å². The van der Waals surface area contributed by atoms with E-state index in [1.54, 1.807) is 24.3 Å². The predicted octanol–water partition coefficient (Wildman–Crippen LogP) is 3.56. The van der Waals surface area contributed by atoms with E-state index in [9.17, 15) is 9.59 Å². The second-order valence-corrected chi connectivity index (χ2v) is 6.42. The van der Waals surface area contributed by atoms with Crippen LogP contribution in [-0.2, 0) is 24.2 Å². The van der Waals surface area contributed by atoms with Crippen molar-refractivity contribution in [3.05, 3.63) is 69.7 Å². The summed E-state index contributed by atoms with van der Waals surface area (Å²) in [6.45, 7) is 1.34. The Kier molecular flexibility index (Phi) is 4.86. The molecule has 0 bridgehead atoms. The van der Waals surface area contributed by atoms with Crippen molar-refractivity contribution in [1.29, 1.82) is 0 Å². The van der Waals surface area contributed by atoms with Gasteiger partial charge in [-0.3, -0.25) is 4.79 Å². The van der Waals surface area contributed by atoms with E-state index in [0.717, 1.165) is 22.6 Å². The zero-order valence-electron chi connectivity index (χ0n) is 13.2. The van der Waals surface area contributed by atoms with Crippen molar-refractivity contribution >= 4 is 23.5 Å². The fourth-order valence-electron chi connectivity index (χ4n) is 2.96. The van der Waals surface area contributed by atoms with Gasteiger partial charge in [0, 0.05) is 24.5 Å². The van der Waals surface area contributed by atoms with Crippen LogP contribution in [0.3, 0.4) is 0 Å². The van der Waals surface area contributed by atoms with Gasteiger partial charge in [-0.1, -0.05) is 29.8 Å². The first-order chi connectivity index (χ1) is 11.5. The molecule has 0 spiro atoms. The van der Waals surface area contributed by atoms with Crippen molar-refractivity contribution < 1.29 is 14.7 Å². The molecule has 24 heavy (non-hydrogen) atoms. The molecule has 1 heterocycles. The lowest BCUT2D eigenvalue weighted by Crippen LogP contribution is -2.36. The monoisotopic (exact) mass is 343 g/mol. The quantitative estimate of drug-likeness (QED) is 0.923. The summed E-state index contributed by atoms with van der Waals surface area (Å²) in [5.74, 6) is -0.817. The summed E-state index contributed by atoms with van der Waals surface area (Å²) in [4.78, 5) is 25.1. The second kappa shape index (κ2) is 7.05. The molecule has 0 fully saturated rings. The fourth-order valence-corrected chi connectivity index (χ4v) is 3.15. The van der Waals surface area contributed by atoms with E-state index >= 15 is 0 Å². The number of amides is 1. The lowest BCUT2D eigenvalue weighted by Gasteiger charge is -2.29. The number of benzene rings is 2. The van der Waals surface area contributed by atoms with Crippen LogP contribution >= 0.6 is 11.6 Å². The Morgan fingerprint density at radius 2 is 1.83 bits per heavy atom. The molecule has 124 valence electrons. The molecule has 1 aliphatic heterocycles. The first-order valence-corrected chi connectivity index (χ1v) is 8.28. The normalized spacial score (nSPS) is 13.5. The largest absolute Gasteiger partial charge is 0.478 e. The maximum Gasteiger partial charge on any atom is 0.335 e. The molecule has 1 N–H and O–H groups in total. The summed E-state index contributed by atoms with van der Waals surface area (Å²) in [5.41, 5.74) is 3.61. The zero-order valence-corrected chi connectivity index (χ0v) is 13.9. The minimum atomic E-state index is -0.940.